The normalized spacial score (nSPS) is 23.6. The number of unbranched alkanes of at least 4 members (excludes halogenated alkanes) is 5. The molecule has 0 aliphatic carbocycles. The maximum absolute atomic E-state index is 12.8. The van der Waals surface area contributed by atoms with Crippen molar-refractivity contribution in [2.24, 2.45) is 4.99 Å². The first-order valence-corrected chi connectivity index (χ1v) is 12.5. The molecular formula is C25H38N6O2. The SMILES string of the molecule is CCCCCCCCN1C(N2CCN(Cc3ccccc3)CC2)=NC2C1C(=O)NC(=O)N2C. The number of carbonyl (C=O) groups excluding carboxylic acids is 2. The summed E-state index contributed by atoms with van der Waals surface area (Å²) in [6.45, 7) is 7.63. The second-order valence-electron chi connectivity index (χ2n) is 9.40. The summed E-state index contributed by atoms with van der Waals surface area (Å²) in [5.74, 6) is 0.658. The molecule has 33 heavy (non-hydrogen) atoms. The number of carbonyl (C=O) groups is 2. The van der Waals surface area contributed by atoms with Gasteiger partial charge >= 0.3 is 6.03 Å². The number of nitrogens with zero attached hydrogens (tertiary/aromatic N) is 5. The zero-order valence-corrected chi connectivity index (χ0v) is 20.1. The number of aliphatic imine (C=N–C) groups is 1. The third-order valence-corrected chi connectivity index (χ3v) is 7.00. The van der Waals surface area contributed by atoms with Crippen LogP contribution in [-0.4, -0.2) is 89.5 Å². The van der Waals surface area contributed by atoms with Crippen LogP contribution in [0.15, 0.2) is 35.3 Å². The van der Waals surface area contributed by atoms with E-state index in [2.05, 4.69) is 57.3 Å². The summed E-state index contributed by atoms with van der Waals surface area (Å²) in [5.41, 5.74) is 1.33. The average Bonchev–Trinajstić information content (AvgIpc) is 3.21. The molecule has 0 spiro atoms. The van der Waals surface area contributed by atoms with Crippen molar-refractivity contribution in [1.29, 1.82) is 0 Å². The molecule has 3 aliphatic heterocycles. The van der Waals surface area contributed by atoms with E-state index in [-0.39, 0.29) is 11.9 Å². The van der Waals surface area contributed by atoms with Crippen molar-refractivity contribution in [2.75, 3.05) is 39.8 Å². The number of likely N-dealkylation sites (N-methyl/N-ethyl adjacent to an activating group) is 1. The highest BCUT2D eigenvalue weighted by Crippen LogP contribution is 2.27. The lowest BCUT2D eigenvalue weighted by atomic mass is 10.1. The van der Waals surface area contributed by atoms with Crippen LogP contribution in [-0.2, 0) is 11.3 Å². The number of benzene rings is 1. The molecule has 0 bridgehead atoms. The standard InChI is InChI=1S/C25H38N6O2/c1-3-4-5-6-7-11-14-31-21-22(28(2)25(33)27-23(21)32)26-24(31)30-17-15-29(16-18-30)19-20-12-9-8-10-13-20/h8-10,12-13,21-22H,3-7,11,14-19H2,1-2H3,(H,27,32,33). The molecule has 0 aromatic heterocycles. The molecule has 4 rings (SSSR count). The van der Waals surface area contributed by atoms with Gasteiger partial charge in [-0.25, -0.2) is 9.79 Å². The highest BCUT2D eigenvalue weighted by molar-refractivity contribution is 6.03. The molecular weight excluding hydrogens is 416 g/mol. The molecule has 2 unspecified atom stereocenters. The van der Waals surface area contributed by atoms with Crippen LogP contribution in [0.3, 0.4) is 0 Å². The quantitative estimate of drug-likeness (QED) is 0.581. The Morgan fingerprint density at radius 3 is 2.39 bits per heavy atom. The Morgan fingerprint density at radius 1 is 0.970 bits per heavy atom. The average molecular weight is 455 g/mol. The molecule has 8 heteroatoms. The number of guanidine groups is 1. The Bertz CT molecular complexity index is 837. The van der Waals surface area contributed by atoms with E-state index in [1.165, 1.54) is 31.2 Å². The topological polar surface area (TPSA) is 71.5 Å². The number of amides is 3. The van der Waals surface area contributed by atoms with Gasteiger partial charge in [-0.1, -0.05) is 69.4 Å². The summed E-state index contributed by atoms with van der Waals surface area (Å²) < 4.78 is 0. The van der Waals surface area contributed by atoms with Gasteiger partial charge in [-0.2, -0.15) is 0 Å². The summed E-state index contributed by atoms with van der Waals surface area (Å²) in [6.07, 6.45) is 6.76. The highest BCUT2D eigenvalue weighted by Gasteiger charge is 2.49. The Labute approximate surface area is 197 Å². The fourth-order valence-corrected chi connectivity index (χ4v) is 5.02. The molecule has 8 nitrogen and oxygen atoms in total. The molecule has 3 amide bonds. The lowest BCUT2D eigenvalue weighted by molar-refractivity contribution is -0.127. The van der Waals surface area contributed by atoms with Crippen molar-refractivity contribution in [1.82, 2.24) is 24.9 Å². The third kappa shape index (κ3) is 5.49. The maximum Gasteiger partial charge on any atom is 0.325 e. The van der Waals surface area contributed by atoms with Gasteiger partial charge in [0.1, 0.15) is 0 Å². The second kappa shape index (κ2) is 11.0. The van der Waals surface area contributed by atoms with Crippen molar-refractivity contribution in [3.05, 3.63) is 35.9 Å². The summed E-state index contributed by atoms with van der Waals surface area (Å²) in [5, 5.41) is 2.51. The number of piperazine rings is 1. The fourth-order valence-electron chi connectivity index (χ4n) is 5.02. The van der Waals surface area contributed by atoms with E-state index in [1.807, 2.05) is 0 Å². The monoisotopic (exact) mass is 454 g/mol. The largest absolute Gasteiger partial charge is 0.340 e. The van der Waals surface area contributed by atoms with E-state index >= 15 is 0 Å². The number of hydrogen-bond donors (Lipinski definition) is 1. The fraction of sp³-hybridized carbons (Fsp3) is 0.640. The summed E-state index contributed by atoms with van der Waals surface area (Å²) in [6, 6.07) is 9.78. The minimum Gasteiger partial charge on any atom is -0.340 e. The number of nitrogens with one attached hydrogen (secondary N) is 1. The first kappa shape index (κ1) is 23.5. The van der Waals surface area contributed by atoms with Crippen LogP contribution in [0.1, 0.15) is 51.0 Å². The molecule has 2 atom stereocenters. The molecule has 0 radical (unpaired) electrons. The van der Waals surface area contributed by atoms with Gasteiger partial charge in [0.05, 0.1) is 0 Å². The summed E-state index contributed by atoms with van der Waals surface area (Å²) in [4.78, 5) is 38.4. The van der Waals surface area contributed by atoms with Crippen LogP contribution < -0.4 is 5.32 Å². The Hall–Kier alpha value is -2.61. The molecule has 2 fully saturated rings. The van der Waals surface area contributed by atoms with Crippen LogP contribution in [0.5, 0.6) is 0 Å². The summed E-state index contributed by atoms with van der Waals surface area (Å²) in [7, 11) is 1.73. The van der Waals surface area contributed by atoms with Gasteiger partial charge in [0.15, 0.2) is 18.2 Å². The number of fused-ring (bicyclic) bond motifs is 1. The molecule has 1 N–H and O–H groups in total. The predicted octanol–water partition coefficient (Wildman–Crippen LogP) is 2.71. The van der Waals surface area contributed by atoms with E-state index in [9.17, 15) is 9.59 Å². The van der Waals surface area contributed by atoms with Crippen molar-refractivity contribution in [2.45, 2.75) is 64.2 Å². The highest BCUT2D eigenvalue weighted by atomic mass is 16.2. The number of hydrogen-bond acceptors (Lipinski definition) is 6. The smallest absolute Gasteiger partial charge is 0.325 e. The van der Waals surface area contributed by atoms with Crippen LogP contribution in [0, 0.1) is 0 Å². The first-order chi connectivity index (χ1) is 16.1. The van der Waals surface area contributed by atoms with Crippen molar-refractivity contribution in [3.63, 3.8) is 0 Å². The van der Waals surface area contributed by atoms with Crippen LogP contribution in [0.25, 0.3) is 0 Å². The van der Waals surface area contributed by atoms with Gasteiger partial charge in [0, 0.05) is 46.3 Å². The van der Waals surface area contributed by atoms with E-state index in [0.717, 1.165) is 58.1 Å². The Balaban J connectivity index is 1.40. The van der Waals surface area contributed by atoms with Crippen molar-refractivity contribution >= 4 is 17.9 Å². The van der Waals surface area contributed by atoms with Crippen LogP contribution in [0.2, 0.25) is 0 Å². The predicted molar refractivity (Wildman–Crippen MR) is 130 cm³/mol. The molecule has 2 saturated heterocycles. The van der Waals surface area contributed by atoms with E-state index in [0.29, 0.717) is 0 Å². The zero-order chi connectivity index (χ0) is 23.2. The Kier molecular flexibility index (Phi) is 7.85. The Morgan fingerprint density at radius 2 is 1.67 bits per heavy atom. The van der Waals surface area contributed by atoms with E-state index < -0.39 is 12.2 Å². The van der Waals surface area contributed by atoms with Gasteiger partial charge < -0.3 is 14.7 Å². The van der Waals surface area contributed by atoms with Crippen LogP contribution in [0.4, 0.5) is 4.79 Å². The molecule has 1 aromatic rings. The third-order valence-electron chi connectivity index (χ3n) is 7.00. The molecule has 180 valence electrons. The van der Waals surface area contributed by atoms with Gasteiger partial charge in [-0.15, -0.1) is 0 Å². The first-order valence-electron chi connectivity index (χ1n) is 12.5. The van der Waals surface area contributed by atoms with Gasteiger partial charge in [0.25, 0.3) is 5.91 Å². The minimum atomic E-state index is -0.441. The minimum absolute atomic E-state index is 0.226. The molecule has 1 aromatic carbocycles. The van der Waals surface area contributed by atoms with Gasteiger partial charge in [-0.05, 0) is 12.0 Å². The molecule has 3 aliphatic rings. The molecule has 3 heterocycles. The summed E-state index contributed by atoms with van der Waals surface area (Å²) >= 11 is 0. The van der Waals surface area contributed by atoms with E-state index in [1.54, 1.807) is 11.9 Å². The lowest BCUT2D eigenvalue weighted by Gasteiger charge is -2.40. The second-order valence-corrected chi connectivity index (χ2v) is 9.40. The van der Waals surface area contributed by atoms with Gasteiger partial charge in [-0.3, -0.25) is 15.0 Å². The van der Waals surface area contributed by atoms with Crippen LogP contribution >= 0.6 is 0 Å². The number of rotatable bonds is 9. The van der Waals surface area contributed by atoms with Crippen molar-refractivity contribution < 1.29 is 9.59 Å². The molecule has 0 saturated carbocycles. The van der Waals surface area contributed by atoms with Crippen molar-refractivity contribution in [3.8, 4) is 0 Å². The van der Waals surface area contributed by atoms with Gasteiger partial charge in [0.2, 0.25) is 0 Å². The lowest BCUT2D eigenvalue weighted by Crippen LogP contribution is -2.64. The zero-order valence-electron chi connectivity index (χ0n) is 20.1. The maximum atomic E-state index is 12.8. The number of urea groups is 1. The number of imide groups is 1. The van der Waals surface area contributed by atoms with E-state index in [4.69, 9.17) is 4.99 Å².